The Balaban J connectivity index is 1.65. The summed E-state index contributed by atoms with van der Waals surface area (Å²) in [6.07, 6.45) is 4.00. The number of sulfone groups is 1. The normalized spacial score (nSPS) is 15.1. The summed E-state index contributed by atoms with van der Waals surface area (Å²) in [7, 11) is -1.30. The minimum atomic E-state index is -3.48. The largest absolute Gasteiger partial charge is 0.489 e. The van der Waals surface area contributed by atoms with Crippen LogP contribution < -0.4 is 15.4 Å². The number of nitrogens with one attached hydrogen (secondary N) is 2. The summed E-state index contributed by atoms with van der Waals surface area (Å²) in [6, 6.07) is 11.2. The maximum Gasteiger partial charge on any atom is 0.229 e. The summed E-state index contributed by atoms with van der Waals surface area (Å²) in [5.41, 5.74) is 4.63. The van der Waals surface area contributed by atoms with Gasteiger partial charge in [0.05, 0.1) is 27.6 Å². The highest BCUT2D eigenvalue weighted by Crippen LogP contribution is 2.38. The zero-order valence-electron chi connectivity index (χ0n) is 24.1. The molecule has 0 aliphatic carbocycles. The van der Waals surface area contributed by atoms with Gasteiger partial charge in [-0.2, -0.15) is 4.98 Å². The van der Waals surface area contributed by atoms with Gasteiger partial charge in [-0.25, -0.2) is 13.4 Å². The monoisotopic (exact) mass is 551 g/mol. The molecule has 1 saturated heterocycles. The minimum Gasteiger partial charge on any atom is -0.489 e. The van der Waals surface area contributed by atoms with Crippen molar-refractivity contribution >= 4 is 33.0 Å². The predicted octanol–water partition coefficient (Wildman–Crippen LogP) is 6.36. The molecule has 1 aromatic heterocycles. The number of para-hydroxylation sites is 1. The van der Waals surface area contributed by atoms with Gasteiger partial charge in [0.15, 0.2) is 9.84 Å². The van der Waals surface area contributed by atoms with Crippen LogP contribution in [0.3, 0.4) is 0 Å². The fourth-order valence-electron chi connectivity index (χ4n) is 4.86. The SMILES string of the molecule is Cc1cc(Nc2ncc(C)c(Nc3ccccc3S(=O)(=O)C(C)C)n2)c(OC(C)C)cc1C1CCN(C)CC1. The van der Waals surface area contributed by atoms with Crippen molar-refractivity contribution in [2.75, 3.05) is 30.8 Å². The number of anilines is 4. The van der Waals surface area contributed by atoms with Gasteiger partial charge in [0.1, 0.15) is 11.6 Å². The van der Waals surface area contributed by atoms with Gasteiger partial charge in [-0.1, -0.05) is 12.1 Å². The Morgan fingerprint density at radius 2 is 1.67 bits per heavy atom. The van der Waals surface area contributed by atoms with Gasteiger partial charge < -0.3 is 20.3 Å². The van der Waals surface area contributed by atoms with Crippen LogP contribution in [-0.4, -0.2) is 54.8 Å². The van der Waals surface area contributed by atoms with Gasteiger partial charge in [0, 0.05) is 11.8 Å². The number of benzene rings is 2. The molecule has 2 heterocycles. The summed E-state index contributed by atoms with van der Waals surface area (Å²) in [4.78, 5) is 11.8. The Bertz CT molecular complexity index is 1410. The number of piperidine rings is 1. The van der Waals surface area contributed by atoms with E-state index in [1.165, 1.54) is 11.1 Å². The van der Waals surface area contributed by atoms with E-state index in [1.807, 2.05) is 26.8 Å². The molecule has 0 atom stereocenters. The minimum absolute atomic E-state index is 0.00849. The third-order valence-corrected chi connectivity index (χ3v) is 9.38. The maximum absolute atomic E-state index is 12.9. The van der Waals surface area contributed by atoms with E-state index in [2.05, 4.69) is 46.6 Å². The average Bonchev–Trinajstić information content (AvgIpc) is 2.88. The van der Waals surface area contributed by atoms with Gasteiger partial charge in [-0.15, -0.1) is 0 Å². The molecule has 4 rings (SSSR count). The first-order valence-electron chi connectivity index (χ1n) is 13.7. The molecule has 1 aliphatic rings. The zero-order chi connectivity index (χ0) is 28.3. The number of likely N-dealkylation sites (tertiary alicyclic amines) is 1. The number of aromatic nitrogens is 2. The first kappa shape index (κ1) is 28.8. The Morgan fingerprint density at radius 3 is 2.33 bits per heavy atom. The van der Waals surface area contributed by atoms with E-state index in [9.17, 15) is 8.42 Å². The lowest BCUT2D eigenvalue weighted by Crippen LogP contribution is -2.29. The van der Waals surface area contributed by atoms with Gasteiger partial charge in [-0.05, 0) is 116 Å². The number of rotatable bonds is 9. The molecule has 8 nitrogen and oxygen atoms in total. The van der Waals surface area contributed by atoms with Crippen LogP contribution >= 0.6 is 0 Å². The summed E-state index contributed by atoms with van der Waals surface area (Å²) in [6.45, 7) is 13.6. The van der Waals surface area contributed by atoms with Crippen molar-refractivity contribution < 1.29 is 13.2 Å². The zero-order valence-corrected chi connectivity index (χ0v) is 24.9. The molecule has 0 spiro atoms. The molecule has 2 N–H and O–H groups in total. The van der Waals surface area contributed by atoms with Crippen LogP contribution in [-0.2, 0) is 9.84 Å². The number of nitrogens with zero attached hydrogens (tertiary/aromatic N) is 3. The third kappa shape index (κ3) is 6.70. The van der Waals surface area contributed by atoms with E-state index in [4.69, 9.17) is 9.72 Å². The second-order valence-corrected chi connectivity index (χ2v) is 13.5. The molecule has 0 bridgehead atoms. The van der Waals surface area contributed by atoms with Crippen molar-refractivity contribution in [2.45, 2.75) is 76.6 Å². The van der Waals surface area contributed by atoms with E-state index < -0.39 is 15.1 Å². The summed E-state index contributed by atoms with van der Waals surface area (Å²) in [5, 5.41) is 6.06. The number of hydrogen-bond donors (Lipinski definition) is 2. The second-order valence-electron chi connectivity index (χ2n) is 11.0. The summed E-state index contributed by atoms with van der Waals surface area (Å²) >= 11 is 0. The summed E-state index contributed by atoms with van der Waals surface area (Å²) in [5.74, 6) is 2.22. The molecule has 0 radical (unpaired) electrons. The van der Waals surface area contributed by atoms with Crippen molar-refractivity contribution in [1.82, 2.24) is 14.9 Å². The van der Waals surface area contributed by atoms with Crippen molar-refractivity contribution in [3.05, 3.63) is 59.3 Å². The lowest BCUT2D eigenvalue weighted by Gasteiger charge is -2.30. The molecular formula is C30H41N5O3S. The number of hydrogen-bond acceptors (Lipinski definition) is 8. The fraction of sp³-hybridized carbons (Fsp3) is 0.467. The highest BCUT2D eigenvalue weighted by molar-refractivity contribution is 7.92. The van der Waals surface area contributed by atoms with E-state index in [-0.39, 0.29) is 11.0 Å². The molecule has 39 heavy (non-hydrogen) atoms. The molecule has 0 amide bonds. The van der Waals surface area contributed by atoms with Gasteiger partial charge >= 0.3 is 0 Å². The Hall–Kier alpha value is -3.17. The molecule has 0 saturated carbocycles. The van der Waals surface area contributed by atoms with Crippen LogP contribution in [0, 0.1) is 13.8 Å². The highest BCUT2D eigenvalue weighted by Gasteiger charge is 2.24. The van der Waals surface area contributed by atoms with Crippen LogP contribution in [0.25, 0.3) is 0 Å². The first-order chi connectivity index (χ1) is 18.5. The van der Waals surface area contributed by atoms with E-state index in [1.54, 1.807) is 38.2 Å². The average molecular weight is 552 g/mol. The molecule has 210 valence electrons. The van der Waals surface area contributed by atoms with Crippen LogP contribution in [0.5, 0.6) is 5.75 Å². The molecule has 9 heteroatoms. The number of ether oxygens (including phenoxy) is 1. The highest BCUT2D eigenvalue weighted by atomic mass is 32.2. The lowest BCUT2D eigenvalue weighted by molar-refractivity contribution is 0.241. The van der Waals surface area contributed by atoms with Crippen LogP contribution in [0.1, 0.15) is 63.1 Å². The summed E-state index contributed by atoms with van der Waals surface area (Å²) < 4.78 is 32.1. The standard InChI is InChI=1S/C30H41N5O3S/c1-19(2)38-27-17-24(23-12-14-35(7)15-13-23)21(5)16-26(27)33-30-31-18-22(6)29(34-30)32-25-10-8-9-11-28(25)39(36,37)20(3)4/h8-11,16-20,23H,12-15H2,1-7H3,(H2,31,32,33,34). The van der Waals surface area contributed by atoms with Gasteiger partial charge in [0.25, 0.3) is 0 Å². The van der Waals surface area contributed by atoms with E-state index in [0.717, 1.165) is 42.9 Å². The Kier molecular flexibility index (Phi) is 8.81. The molecule has 2 aromatic carbocycles. The molecule has 3 aromatic rings. The van der Waals surface area contributed by atoms with Gasteiger partial charge in [0.2, 0.25) is 5.95 Å². The first-order valence-corrected chi connectivity index (χ1v) is 15.2. The quantitative estimate of drug-likeness (QED) is 0.317. The molecule has 1 fully saturated rings. The Morgan fingerprint density at radius 1 is 0.974 bits per heavy atom. The van der Waals surface area contributed by atoms with Crippen molar-refractivity contribution in [1.29, 1.82) is 0 Å². The smallest absolute Gasteiger partial charge is 0.229 e. The third-order valence-electron chi connectivity index (χ3n) is 7.17. The van der Waals surface area contributed by atoms with E-state index >= 15 is 0 Å². The molecular weight excluding hydrogens is 510 g/mol. The molecule has 1 aliphatic heterocycles. The van der Waals surface area contributed by atoms with Gasteiger partial charge in [-0.3, -0.25) is 0 Å². The van der Waals surface area contributed by atoms with Crippen LogP contribution in [0.2, 0.25) is 0 Å². The second kappa shape index (κ2) is 11.9. The fourth-order valence-corrected chi connectivity index (χ4v) is 6.06. The lowest BCUT2D eigenvalue weighted by atomic mass is 9.86. The maximum atomic E-state index is 12.9. The van der Waals surface area contributed by atoms with Crippen molar-refractivity contribution in [2.24, 2.45) is 0 Å². The van der Waals surface area contributed by atoms with Crippen molar-refractivity contribution in [3.63, 3.8) is 0 Å². The number of aryl methyl sites for hydroxylation is 2. The predicted molar refractivity (Wildman–Crippen MR) is 159 cm³/mol. The van der Waals surface area contributed by atoms with E-state index in [0.29, 0.717) is 23.4 Å². The van der Waals surface area contributed by atoms with Crippen LogP contribution in [0.15, 0.2) is 47.5 Å². The Labute approximate surface area is 233 Å². The topological polar surface area (TPSA) is 96.5 Å². The van der Waals surface area contributed by atoms with Crippen molar-refractivity contribution in [3.8, 4) is 5.75 Å². The van der Waals surface area contributed by atoms with Crippen LogP contribution in [0.4, 0.5) is 23.1 Å². The molecule has 0 unspecified atom stereocenters.